The van der Waals surface area contributed by atoms with Crippen LogP contribution in [-0.2, 0) is 4.79 Å². The molecule has 0 bridgehead atoms. The second kappa shape index (κ2) is 4.94. The topological polar surface area (TPSA) is 17.1 Å². The molecule has 0 unspecified atom stereocenters. The van der Waals surface area contributed by atoms with Gasteiger partial charge in [0.05, 0.1) is 0 Å². The van der Waals surface area contributed by atoms with Gasteiger partial charge in [-0.05, 0) is 20.8 Å². The molecule has 0 aliphatic rings. The number of halogens is 1. The summed E-state index contributed by atoms with van der Waals surface area (Å²) in [5, 5.41) is 0.514. The van der Waals surface area contributed by atoms with E-state index < -0.39 is 0 Å². The Morgan fingerprint density at radius 2 is 1.75 bits per heavy atom. The van der Waals surface area contributed by atoms with Gasteiger partial charge in [0.25, 0.3) is 0 Å². The van der Waals surface area contributed by atoms with Crippen LogP contribution in [0.3, 0.4) is 0 Å². The Morgan fingerprint density at radius 1 is 1.25 bits per heavy atom. The van der Waals surface area contributed by atoms with E-state index in [1.54, 1.807) is 19.1 Å². The molecule has 0 rings (SSSR count). The van der Waals surface area contributed by atoms with Gasteiger partial charge in [-0.1, -0.05) is 35.9 Å². The minimum absolute atomic E-state index is 0.0278. The van der Waals surface area contributed by atoms with Gasteiger partial charge in [0.2, 0.25) is 0 Å². The zero-order valence-corrected chi connectivity index (χ0v) is 8.40. The van der Waals surface area contributed by atoms with Crippen LogP contribution in [0, 0.1) is 0 Å². The molecule has 0 aromatic rings. The monoisotopic (exact) mass is 184 g/mol. The van der Waals surface area contributed by atoms with Crippen molar-refractivity contribution < 1.29 is 4.79 Å². The highest BCUT2D eigenvalue weighted by atomic mass is 35.5. The highest BCUT2D eigenvalue weighted by Crippen LogP contribution is 2.11. The SMILES string of the molecule is C=C(C)/C=C\C(C(C)=O)=C(/C)Cl. The fourth-order valence-electron chi connectivity index (χ4n) is 0.700. The fourth-order valence-corrected chi connectivity index (χ4v) is 0.896. The fraction of sp³-hybridized carbons (Fsp3) is 0.300. The van der Waals surface area contributed by atoms with Gasteiger partial charge in [-0.15, -0.1) is 0 Å². The molecular formula is C10H13ClO. The Hall–Kier alpha value is -0.820. The Morgan fingerprint density at radius 3 is 2.00 bits per heavy atom. The Balaban J connectivity index is 4.70. The van der Waals surface area contributed by atoms with Crippen molar-refractivity contribution in [2.75, 3.05) is 0 Å². The molecule has 0 N–H and O–H groups in total. The lowest BCUT2D eigenvalue weighted by Crippen LogP contribution is -1.94. The third-order valence-electron chi connectivity index (χ3n) is 1.28. The van der Waals surface area contributed by atoms with Crippen molar-refractivity contribution >= 4 is 17.4 Å². The minimum Gasteiger partial charge on any atom is -0.294 e. The van der Waals surface area contributed by atoms with Gasteiger partial charge in [-0.3, -0.25) is 4.79 Å². The molecule has 0 spiro atoms. The number of carbonyl (C=O) groups excluding carboxylic acids is 1. The molecule has 0 fully saturated rings. The second-order valence-corrected chi connectivity index (χ2v) is 3.25. The number of hydrogen-bond donors (Lipinski definition) is 0. The second-order valence-electron chi connectivity index (χ2n) is 2.68. The average Bonchev–Trinajstić information content (AvgIpc) is 1.84. The molecule has 0 aliphatic carbocycles. The normalized spacial score (nSPS) is 13.0. The number of carbonyl (C=O) groups is 1. The molecule has 0 saturated carbocycles. The molecule has 0 aliphatic heterocycles. The maximum atomic E-state index is 11.0. The van der Waals surface area contributed by atoms with E-state index in [0.29, 0.717) is 10.6 Å². The third kappa shape index (κ3) is 4.14. The van der Waals surface area contributed by atoms with Crippen molar-refractivity contribution in [3.8, 4) is 0 Å². The van der Waals surface area contributed by atoms with E-state index in [1.807, 2.05) is 6.92 Å². The standard InChI is InChI=1S/C10H13ClO/c1-7(2)5-6-10(8(3)11)9(4)12/h5-6H,1H2,2-4H3/b6-5-,10-8-. The maximum absolute atomic E-state index is 11.0. The third-order valence-corrected chi connectivity index (χ3v) is 1.49. The number of hydrogen-bond acceptors (Lipinski definition) is 1. The summed E-state index contributed by atoms with van der Waals surface area (Å²) in [6, 6.07) is 0. The van der Waals surface area contributed by atoms with Crippen molar-refractivity contribution in [2.45, 2.75) is 20.8 Å². The summed E-state index contributed by atoms with van der Waals surface area (Å²) in [5.41, 5.74) is 1.44. The molecule has 0 aromatic carbocycles. The van der Waals surface area contributed by atoms with Crippen LogP contribution in [0.2, 0.25) is 0 Å². The smallest absolute Gasteiger partial charge is 0.160 e. The highest BCUT2D eigenvalue weighted by molar-refractivity contribution is 6.31. The van der Waals surface area contributed by atoms with Gasteiger partial charge in [0, 0.05) is 10.6 Å². The predicted molar refractivity (Wildman–Crippen MR) is 53.2 cm³/mol. The summed E-state index contributed by atoms with van der Waals surface area (Å²) < 4.78 is 0. The first kappa shape index (κ1) is 11.2. The lowest BCUT2D eigenvalue weighted by Gasteiger charge is -1.96. The van der Waals surface area contributed by atoms with Crippen LogP contribution in [-0.4, -0.2) is 5.78 Å². The Kier molecular flexibility index (Phi) is 4.60. The van der Waals surface area contributed by atoms with Gasteiger partial charge >= 0.3 is 0 Å². The number of rotatable bonds is 3. The van der Waals surface area contributed by atoms with Crippen molar-refractivity contribution in [3.63, 3.8) is 0 Å². The molecule has 0 radical (unpaired) electrons. The predicted octanol–water partition coefficient (Wildman–Crippen LogP) is 3.22. The van der Waals surface area contributed by atoms with E-state index in [9.17, 15) is 4.79 Å². The van der Waals surface area contributed by atoms with E-state index in [2.05, 4.69) is 6.58 Å². The van der Waals surface area contributed by atoms with Crippen LogP contribution in [0.25, 0.3) is 0 Å². The van der Waals surface area contributed by atoms with Crippen LogP contribution < -0.4 is 0 Å². The summed E-state index contributed by atoms with van der Waals surface area (Å²) in [6.45, 7) is 8.73. The van der Waals surface area contributed by atoms with Crippen LogP contribution in [0.5, 0.6) is 0 Å². The zero-order valence-electron chi connectivity index (χ0n) is 7.65. The minimum atomic E-state index is -0.0278. The van der Waals surface area contributed by atoms with Crippen LogP contribution in [0.15, 0.2) is 34.9 Å². The van der Waals surface area contributed by atoms with Gasteiger partial charge < -0.3 is 0 Å². The molecule has 12 heavy (non-hydrogen) atoms. The van der Waals surface area contributed by atoms with Crippen molar-refractivity contribution in [1.29, 1.82) is 0 Å². The van der Waals surface area contributed by atoms with Gasteiger partial charge in [0.1, 0.15) is 0 Å². The molecule has 66 valence electrons. The van der Waals surface area contributed by atoms with E-state index in [-0.39, 0.29) is 5.78 Å². The molecule has 1 nitrogen and oxygen atoms in total. The Labute approximate surface area is 78.4 Å². The first-order valence-corrected chi connectivity index (χ1v) is 4.04. The summed E-state index contributed by atoms with van der Waals surface area (Å²) >= 11 is 5.70. The van der Waals surface area contributed by atoms with Gasteiger partial charge in [-0.2, -0.15) is 0 Å². The van der Waals surface area contributed by atoms with Crippen molar-refractivity contribution in [1.82, 2.24) is 0 Å². The lowest BCUT2D eigenvalue weighted by atomic mass is 10.1. The van der Waals surface area contributed by atoms with Crippen molar-refractivity contribution in [3.05, 3.63) is 34.9 Å². The van der Waals surface area contributed by atoms with Gasteiger partial charge in [-0.25, -0.2) is 0 Å². The van der Waals surface area contributed by atoms with Crippen LogP contribution in [0.1, 0.15) is 20.8 Å². The summed E-state index contributed by atoms with van der Waals surface area (Å²) in [7, 11) is 0. The number of ketones is 1. The molecular weight excluding hydrogens is 172 g/mol. The molecule has 0 amide bonds. The molecule has 0 saturated heterocycles. The van der Waals surface area contributed by atoms with Crippen molar-refractivity contribution in [2.24, 2.45) is 0 Å². The van der Waals surface area contributed by atoms with E-state index in [1.165, 1.54) is 6.92 Å². The molecule has 0 aromatic heterocycles. The zero-order chi connectivity index (χ0) is 9.72. The molecule has 2 heteroatoms. The highest BCUT2D eigenvalue weighted by Gasteiger charge is 2.01. The largest absolute Gasteiger partial charge is 0.294 e. The summed E-state index contributed by atoms with van der Waals surface area (Å²) in [4.78, 5) is 11.0. The average molecular weight is 185 g/mol. The summed E-state index contributed by atoms with van der Waals surface area (Å²) in [5.74, 6) is -0.0278. The Bertz CT molecular complexity index is 255. The summed E-state index contributed by atoms with van der Waals surface area (Å²) in [6.07, 6.45) is 3.45. The van der Waals surface area contributed by atoms with Gasteiger partial charge in [0.15, 0.2) is 5.78 Å². The molecule has 0 atom stereocenters. The first-order valence-electron chi connectivity index (χ1n) is 3.66. The van der Waals surface area contributed by atoms with E-state index in [4.69, 9.17) is 11.6 Å². The first-order chi connectivity index (χ1) is 5.45. The van der Waals surface area contributed by atoms with E-state index in [0.717, 1.165) is 5.57 Å². The van der Waals surface area contributed by atoms with Crippen LogP contribution >= 0.6 is 11.6 Å². The number of Topliss-reactive ketones (excluding diaryl/α,β-unsaturated/α-hetero) is 1. The quantitative estimate of drug-likeness (QED) is 0.486. The van der Waals surface area contributed by atoms with Crippen LogP contribution in [0.4, 0.5) is 0 Å². The molecule has 0 heterocycles. The lowest BCUT2D eigenvalue weighted by molar-refractivity contribution is -0.113. The van der Waals surface area contributed by atoms with E-state index >= 15 is 0 Å². The number of allylic oxidation sites excluding steroid dienone is 5. The maximum Gasteiger partial charge on any atom is 0.160 e.